The number of nitrogens with one attached hydrogen (secondary N) is 2. The highest BCUT2D eigenvalue weighted by Crippen LogP contribution is 2.29. The van der Waals surface area contributed by atoms with Gasteiger partial charge >= 0.3 is 6.18 Å². The average molecular weight is 552 g/mol. The lowest BCUT2D eigenvalue weighted by atomic mass is 10.1. The predicted molar refractivity (Wildman–Crippen MR) is 122 cm³/mol. The zero-order valence-corrected chi connectivity index (χ0v) is 19.9. The molecule has 2 aromatic rings. The van der Waals surface area contributed by atoms with E-state index in [4.69, 9.17) is 4.74 Å². The molecule has 0 aliphatic carbocycles. The molecular formula is C20H28F3IN6O. The van der Waals surface area contributed by atoms with Crippen LogP contribution in [0.2, 0.25) is 0 Å². The van der Waals surface area contributed by atoms with Crippen LogP contribution in [0, 0.1) is 6.92 Å². The molecule has 7 nitrogen and oxygen atoms in total. The van der Waals surface area contributed by atoms with Gasteiger partial charge in [-0.2, -0.15) is 13.2 Å². The molecule has 1 fully saturated rings. The number of alkyl halides is 3. The first-order valence-corrected chi connectivity index (χ1v) is 9.97. The van der Waals surface area contributed by atoms with Crippen molar-refractivity contribution >= 4 is 29.9 Å². The van der Waals surface area contributed by atoms with Crippen LogP contribution in [0.1, 0.15) is 35.6 Å². The molecule has 1 unspecified atom stereocenters. The van der Waals surface area contributed by atoms with Crippen molar-refractivity contribution in [2.24, 2.45) is 12.0 Å². The van der Waals surface area contributed by atoms with Crippen molar-refractivity contribution in [2.45, 2.75) is 45.0 Å². The lowest BCUT2D eigenvalue weighted by Gasteiger charge is -2.16. The van der Waals surface area contributed by atoms with Crippen LogP contribution in [0.4, 0.5) is 13.2 Å². The summed E-state index contributed by atoms with van der Waals surface area (Å²) in [5.41, 5.74) is 0.177. The van der Waals surface area contributed by atoms with Gasteiger partial charge in [0.15, 0.2) is 11.8 Å². The van der Waals surface area contributed by atoms with Gasteiger partial charge in [-0.3, -0.25) is 0 Å². The summed E-state index contributed by atoms with van der Waals surface area (Å²) in [6, 6.07) is 5.22. The first-order chi connectivity index (χ1) is 14.3. The van der Waals surface area contributed by atoms with E-state index in [1.165, 1.54) is 12.1 Å². The fourth-order valence-electron chi connectivity index (χ4n) is 3.11. The van der Waals surface area contributed by atoms with Gasteiger partial charge in [-0.15, -0.1) is 34.2 Å². The lowest BCUT2D eigenvalue weighted by molar-refractivity contribution is -0.137. The summed E-state index contributed by atoms with van der Waals surface area (Å²) >= 11 is 0. The number of hydrogen-bond donors (Lipinski definition) is 2. The minimum atomic E-state index is -4.32. The molecule has 1 atom stereocenters. The van der Waals surface area contributed by atoms with E-state index in [0.717, 1.165) is 48.8 Å². The number of ether oxygens (including phenoxy) is 1. The minimum absolute atomic E-state index is 0. The molecule has 0 saturated carbocycles. The standard InChI is InChI=1S/C20H27F3N6O.HI/c1-14-27-28-18(29(14)2)13-26-19(25-12-17-4-3-11-30-17)24-10-9-15-5-7-16(8-6-15)20(21,22)23;/h5-8,17H,3-4,9-13H2,1-2H3,(H2,24,25,26);1H. The summed E-state index contributed by atoms with van der Waals surface area (Å²) in [6.07, 6.45) is -1.53. The first-order valence-electron chi connectivity index (χ1n) is 9.97. The average Bonchev–Trinajstić information content (AvgIpc) is 3.34. The van der Waals surface area contributed by atoms with Crippen molar-refractivity contribution in [3.8, 4) is 0 Å². The molecule has 2 N–H and O–H groups in total. The zero-order chi connectivity index (χ0) is 21.6. The third-order valence-electron chi connectivity index (χ3n) is 5.07. The van der Waals surface area contributed by atoms with E-state index in [1.807, 2.05) is 18.5 Å². The topological polar surface area (TPSA) is 76.4 Å². The summed E-state index contributed by atoms with van der Waals surface area (Å²) in [6.45, 7) is 4.18. The molecule has 2 heterocycles. The number of rotatable bonds is 7. The molecular weight excluding hydrogens is 524 g/mol. The maximum absolute atomic E-state index is 12.7. The van der Waals surface area contributed by atoms with E-state index in [1.54, 1.807) is 0 Å². The second-order valence-corrected chi connectivity index (χ2v) is 7.27. The van der Waals surface area contributed by atoms with Gasteiger partial charge in [0, 0.05) is 26.7 Å². The first kappa shape index (κ1) is 25.4. The normalized spacial score (nSPS) is 16.8. The summed E-state index contributed by atoms with van der Waals surface area (Å²) < 4.78 is 45.6. The number of halogens is 4. The van der Waals surface area contributed by atoms with Crippen molar-refractivity contribution < 1.29 is 17.9 Å². The number of hydrogen-bond acceptors (Lipinski definition) is 4. The monoisotopic (exact) mass is 552 g/mol. The van der Waals surface area contributed by atoms with E-state index in [-0.39, 0.29) is 30.1 Å². The molecule has 172 valence electrons. The number of aryl methyl sites for hydroxylation is 1. The van der Waals surface area contributed by atoms with Gasteiger partial charge in [-0.1, -0.05) is 12.1 Å². The highest BCUT2D eigenvalue weighted by atomic mass is 127. The van der Waals surface area contributed by atoms with Crippen LogP contribution in [-0.2, 0) is 30.9 Å². The number of aliphatic imine (C=N–C) groups is 1. The summed E-state index contributed by atoms with van der Waals surface area (Å²) in [7, 11) is 1.89. The van der Waals surface area contributed by atoms with Crippen LogP contribution < -0.4 is 10.6 Å². The van der Waals surface area contributed by atoms with Gasteiger partial charge in [-0.25, -0.2) is 4.99 Å². The fourth-order valence-corrected chi connectivity index (χ4v) is 3.11. The Kier molecular flexibility index (Phi) is 9.54. The van der Waals surface area contributed by atoms with Crippen LogP contribution in [0.3, 0.4) is 0 Å². The molecule has 1 aromatic carbocycles. The summed E-state index contributed by atoms with van der Waals surface area (Å²) in [5, 5.41) is 14.7. The highest BCUT2D eigenvalue weighted by molar-refractivity contribution is 14.0. The van der Waals surface area contributed by atoms with Crippen molar-refractivity contribution in [3.05, 3.63) is 47.0 Å². The Morgan fingerprint density at radius 3 is 2.55 bits per heavy atom. The Hall–Kier alpha value is -1.89. The number of aromatic nitrogens is 3. The fraction of sp³-hybridized carbons (Fsp3) is 0.550. The van der Waals surface area contributed by atoms with Crippen molar-refractivity contribution in [1.82, 2.24) is 25.4 Å². The Morgan fingerprint density at radius 1 is 1.23 bits per heavy atom. The van der Waals surface area contributed by atoms with E-state index in [9.17, 15) is 13.2 Å². The van der Waals surface area contributed by atoms with Crippen molar-refractivity contribution in [2.75, 3.05) is 19.7 Å². The smallest absolute Gasteiger partial charge is 0.376 e. The van der Waals surface area contributed by atoms with Crippen molar-refractivity contribution in [1.29, 1.82) is 0 Å². The van der Waals surface area contributed by atoms with E-state index in [0.29, 0.717) is 32.0 Å². The molecule has 0 amide bonds. The van der Waals surface area contributed by atoms with Crippen LogP contribution in [-0.4, -0.2) is 46.5 Å². The summed E-state index contributed by atoms with van der Waals surface area (Å²) in [4.78, 5) is 4.57. The zero-order valence-electron chi connectivity index (χ0n) is 17.6. The molecule has 0 spiro atoms. The van der Waals surface area contributed by atoms with Crippen LogP contribution >= 0.6 is 24.0 Å². The Balaban J connectivity index is 0.00000341. The van der Waals surface area contributed by atoms with Crippen LogP contribution in [0.15, 0.2) is 29.3 Å². The SMILES string of the molecule is Cc1nnc(CN=C(NCCc2ccc(C(F)(F)F)cc2)NCC2CCCO2)n1C.I. The summed E-state index contributed by atoms with van der Waals surface area (Å²) in [5.74, 6) is 2.16. The van der Waals surface area contributed by atoms with E-state index >= 15 is 0 Å². The molecule has 1 saturated heterocycles. The maximum Gasteiger partial charge on any atom is 0.416 e. The van der Waals surface area contributed by atoms with Gasteiger partial charge in [-0.05, 0) is 43.9 Å². The molecule has 31 heavy (non-hydrogen) atoms. The Morgan fingerprint density at radius 2 is 1.97 bits per heavy atom. The largest absolute Gasteiger partial charge is 0.416 e. The second-order valence-electron chi connectivity index (χ2n) is 7.27. The number of nitrogens with zero attached hydrogens (tertiary/aromatic N) is 4. The van der Waals surface area contributed by atoms with Gasteiger partial charge in [0.05, 0.1) is 11.7 Å². The minimum Gasteiger partial charge on any atom is -0.376 e. The van der Waals surface area contributed by atoms with Crippen LogP contribution in [0.25, 0.3) is 0 Å². The Bertz CT molecular complexity index is 848. The van der Waals surface area contributed by atoms with Gasteiger partial charge in [0.2, 0.25) is 0 Å². The molecule has 0 bridgehead atoms. The van der Waals surface area contributed by atoms with Gasteiger partial charge in [0.1, 0.15) is 12.4 Å². The molecule has 3 rings (SSSR count). The highest BCUT2D eigenvalue weighted by Gasteiger charge is 2.29. The number of benzene rings is 1. The molecule has 0 radical (unpaired) electrons. The van der Waals surface area contributed by atoms with E-state index in [2.05, 4.69) is 25.8 Å². The molecule has 11 heteroatoms. The third kappa shape index (κ3) is 7.63. The van der Waals surface area contributed by atoms with Crippen LogP contribution in [0.5, 0.6) is 0 Å². The molecule has 1 aliphatic heterocycles. The molecule has 1 aliphatic rings. The maximum atomic E-state index is 12.7. The van der Waals surface area contributed by atoms with E-state index < -0.39 is 11.7 Å². The predicted octanol–water partition coefficient (Wildman–Crippen LogP) is 3.22. The van der Waals surface area contributed by atoms with Crippen molar-refractivity contribution in [3.63, 3.8) is 0 Å². The van der Waals surface area contributed by atoms with Gasteiger partial charge < -0.3 is 19.9 Å². The third-order valence-corrected chi connectivity index (χ3v) is 5.07. The Labute approximate surface area is 196 Å². The van der Waals surface area contributed by atoms with Gasteiger partial charge in [0.25, 0.3) is 0 Å². The second kappa shape index (κ2) is 11.7. The number of guanidine groups is 1. The lowest BCUT2D eigenvalue weighted by Crippen LogP contribution is -2.42. The quantitative estimate of drug-likeness (QED) is 0.314. The molecule has 1 aromatic heterocycles.